The molecule has 0 fully saturated rings. The summed E-state index contributed by atoms with van der Waals surface area (Å²) in [4.78, 5) is 21.5. The van der Waals surface area contributed by atoms with Gasteiger partial charge in [-0.25, -0.2) is 4.98 Å². The van der Waals surface area contributed by atoms with Gasteiger partial charge >= 0.3 is 0 Å². The number of nitrogens with zero attached hydrogens (tertiary/aromatic N) is 1. The minimum Gasteiger partial charge on any atom is -0.330 e. The number of aromatic amines is 1. The number of hydrogen-bond donors (Lipinski definition) is 2. The summed E-state index contributed by atoms with van der Waals surface area (Å²) in [6, 6.07) is 0. The number of H-pyrrole nitrogens is 1. The van der Waals surface area contributed by atoms with Crippen molar-refractivity contribution in [2.45, 2.75) is 26.5 Å². The van der Waals surface area contributed by atoms with Crippen molar-refractivity contribution in [1.82, 2.24) is 9.97 Å². The molecule has 0 saturated carbocycles. The quantitative estimate of drug-likeness (QED) is 0.889. The van der Waals surface area contributed by atoms with Gasteiger partial charge in [0.05, 0.1) is 11.1 Å². The second kappa shape index (κ2) is 6.07. The van der Waals surface area contributed by atoms with Gasteiger partial charge in [-0.15, -0.1) is 11.3 Å². The molecule has 0 aliphatic rings. The zero-order valence-electron chi connectivity index (χ0n) is 11.4. The molecule has 104 valence electrons. The molecule has 2 aromatic heterocycles. The van der Waals surface area contributed by atoms with Gasteiger partial charge in [-0.05, 0) is 37.6 Å². The van der Waals surface area contributed by atoms with E-state index in [4.69, 9.17) is 5.73 Å². The number of rotatable bonds is 5. The summed E-state index contributed by atoms with van der Waals surface area (Å²) in [7, 11) is 0. The average Bonchev–Trinajstić information content (AvgIpc) is 2.65. The molecular formula is C13H19N3OS2. The standard InChI is InChI=1S/C13H19N3OS2/c1-7(4-14)5-18-6-10-15-12(17)11-8(2)9(3)19-13(11)16-10/h7H,4-6,14H2,1-3H3,(H,15,16,17). The van der Waals surface area contributed by atoms with Crippen LogP contribution in [0, 0.1) is 19.8 Å². The SMILES string of the molecule is Cc1sc2nc(CSCC(C)CN)[nH]c(=O)c2c1C. The number of aryl methyl sites for hydroxylation is 2. The maximum absolute atomic E-state index is 12.1. The van der Waals surface area contributed by atoms with Crippen molar-refractivity contribution in [2.24, 2.45) is 11.7 Å². The molecule has 3 N–H and O–H groups in total. The summed E-state index contributed by atoms with van der Waals surface area (Å²) >= 11 is 3.35. The second-order valence-corrected chi connectivity index (χ2v) is 7.07. The normalized spacial score (nSPS) is 13.1. The number of nitrogens with two attached hydrogens (primary N) is 1. The van der Waals surface area contributed by atoms with Gasteiger partial charge < -0.3 is 10.7 Å². The van der Waals surface area contributed by atoms with E-state index in [2.05, 4.69) is 16.9 Å². The van der Waals surface area contributed by atoms with Crippen molar-refractivity contribution in [3.05, 3.63) is 26.6 Å². The minimum absolute atomic E-state index is 0.0191. The summed E-state index contributed by atoms with van der Waals surface area (Å²) in [5, 5.41) is 0.742. The van der Waals surface area contributed by atoms with Crippen LogP contribution in [0.25, 0.3) is 10.2 Å². The Morgan fingerprint density at radius 2 is 2.21 bits per heavy atom. The lowest BCUT2D eigenvalue weighted by atomic mass is 10.2. The van der Waals surface area contributed by atoms with Crippen LogP contribution in [0.3, 0.4) is 0 Å². The monoisotopic (exact) mass is 297 g/mol. The molecule has 1 unspecified atom stereocenters. The predicted octanol–water partition coefficient (Wildman–Crippen LogP) is 2.43. The Bertz CT molecular complexity index is 633. The highest BCUT2D eigenvalue weighted by Gasteiger charge is 2.11. The summed E-state index contributed by atoms with van der Waals surface area (Å²) in [6.45, 7) is 6.82. The molecule has 0 aliphatic heterocycles. The Labute approximate surface area is 120 Å². The first-order valence-corrected chi connectivity index (χ1v) is 8.26. The number of thioether (sulfide) groups is 1. The fourth-order valence-corrected chi connectivity index (χ4v) is 3.83. The topological polar surface area (TPSA) is 71.8 Å². The smallest absolute Gasteiger partial charge is 0.259 e. The van der Waals surface area contributed by atoms with Crippen LogP contribution >= 0.6 is 23.1 Å². The zero-order chi connectivity index (χ0) is 14.0. The maximum Gasteiger partial charge on any atom is 0.259 e. The Morgan fingerprint density at radius 3 is 2.89 bits per heavy atom. The van der Waals surface area contributed by atoms with Gasteiger partial charge in [0.15, 0.2) is 0 Å². The van der Waals surface area contributed by atoms with E-state index in [1.165, 1.54) is 0 Å². The average molecular weight is 297 g/mol. The fraction of sp³-hybridized carbons (Fsp3) is 0.538. The second-order valence-electron chi connectivity index (χ2n) is 4.83. The van der Waals surface area contributed by atoms with E-state index >= 15 is 0 Å². The maximum atomic E-state index is 12.1. The van der Waals surface area contributed by atoms with E-state index in [0.29, 0.717) is 12.5 Å². The largest absolute Gasteiger partial charge is 0.330 e. The molecule has 0 saturated heterocycles. The highest BCUT2D eigenvalue weighted by Crippen LogP contribution is 2.26. The van der Waals surface area contributed by atoms with E-state index in [-0.39, 0.29) is 5.56 Å². The number of thiophene rings is 1. The van der Waals surface area contributed by atoms with Crippen LogP contribution < -0.4 is 11.3 Å². The van der Waals surface area contributed by atoms with Crippen LogP contribution in [-0.2, 0) is 5.75 Å². The van der Waals surface area contributed by atoms with E-state index < -0.39 is 0 Å². The first kappa shape index (κ1) is 14.6. The highest BCUT2D eigenvalue weighted by molar-refractivity contribution is 7.98. The molecule has 0 aliphatic carbocycles. The van der Waals surface area contributed by atoms with Crippen molar-refractivity contribution in [3.63, 3.8) is 0 Å². The van der Waals surface area contributed by atoms with Crippen molar-refractivity contribution in [3.8, 4) is 0 Å². The van der Waals surface area contributed by atoms with Crippen LogP contribution in [0.1, 0.15) is 23.2 Å². The summed E-state index contributed by atoms with van der Waals surface area (Å²) in [6.07, 6.45) is 0. The first-order valence-electron chi connectivity index (χ1n) is 6.29. The third-order valence-electron chi connectivity index (χ3n) is 3.13. The number of hydrogen-bond acceptors (Lipinski definition) is 5. The van der Waals surface area contributed by atoms with E-state index in [1.807, 2.05) is 13.8 Å². The molecule has 4 nitrogen and oxygen atoms in total. The lowest BCUT2D eigenvalue weighted by Gasteiger charge is -2.07. The molecule has 19 heavy (non-hydrogen) atoms. The fourth-order valence-electron chi connectivity index (χ4n) is 1.79. The molecule has 0 radical (unpaired) electrons. The van der Waals surface area contributed by atoms with Gasteiger partial charge in [0.25, 0.3) is 5.56 Å². The summed E-state index contributed by atoms with van der Waals surface area (Å²) < 4.78 is 0. The molecular weight excluding hydrogens is 278 g/mol. The summed E-state index contributed by atoms with van der Waals surface area (Å²) in [5.41, 5.74) is 6.61. The van der Waals surface area contributed by atoms with Gasteiger partial charge in [-0.1, -0.05) is 6.92 Å². The third-order valence-corrected chi connectivity index (χ3v) is 5.52. The Morgan fingerprint density at radius 1 is 1.47 bits per heavy atom. The molecule has 0 bridgehead atoms. The molecule has 0 spiro atoms. The van der Waals surface area contributed by atoms with Crippen molar-refractivity contribution in [1.29, 1.82) is 0 Å². The molecule has 2 heterocycles. The predicted molar refractivity (Wildman–Crippen MR) is 84.1 cm³/mol. The van der Waals surface area contributed by atoms with Gasteiger partial charge in [-0.2, -0.15) is 11.8 Å². The lowest BCUT2D eigenvalue weighted by Crippen LogP contribution is -2.14. The van der Waals surface area contributed by atoms with Crippen LogP contribution in [0.2, 0.25) is 0 Å². The van der Waals surface area contributed by atoms with Crippen LogP contribution in [0.5, 0.6) is 0 Å². The molecule has 1 atom stereocenters. The first-order chi connectivity index (χ1) is 9.02. The molecule has 6 heteroatoms. The van der Waals surface area contributed by atoms with Crippen molar-refractivity contribution >= 4 is 33.3 Å². The lowest BCUT2D eigenvalue weighted by molar-refractivity contribution is 0.675. The van der Waals surface area contributed by atoms with Crippen LogP contribution in [0.4, 0.5) is 0 Å². The van der Waals surface area contributed by atoms with Crippen molar-refractivity contribution < 1.29 is 0 Å². The Hall–Kier alpha value is -0.850. The van der Waals surface area contributed by atoms with Crippen LogP contribution in [0.15, 0.2) is 4.79 Å². The van der Waals surface area contributed by atoms with Gasteiger partial charge in [0.2, 0.25) is 0 Å². The highest BCUT2D eigenvalue weighted by atomic mass is 32.2. The third kappa shape index (κ3) is 3.19. The Kier molecular flexibility index (Phi) is 4.65. The van der Waals surface area contributed by atoms with E-state index in [0.717, 1.165) is 38.0 Å². The summed E-state index contributed by atoms with van der Waals surface area (Å²) in [5.74, 6) is 2.96. The number of nitrogens with one attached hydrogen (secondary N) is 1. The molecule has 0 amide bonds. The van der Waals surface area contributed by atoms with Gasteiger partial charge in [0.1, 0.15) is 10.7 Å². The molecule has 0 aromatic carbocycles. The molecule has 2 aromatic rings. The number of aromatic nitrogens is 2. The number of fused-ring (bicyclic) bond motifs is 1. The van der Waals surface area contributed by atoms with Crippen LogP contribution in [-0.4, -0.2) is 22.3 Å². The van der Waals surface area contributed by atoms with E-state index in [1.54, 1.807) is 23.1 Å². The molecule has 2 rings (SSSR count). The minimum atomic E-state index is -0.0191. The van der Waals surface area contributed by atoms with E-state index in [9.17, 15) is 4.79 Å². The van der Waals surface area contributed by atoms with Gasteiger partial charge in [-0.3, -0.25) is 4.79 Å². The van der Waals surface area contributed by atoms with Crippen molar-refractivity contribution in [2.75, 3.05) is 12.3 Å². The van der Waals surface area contributed by atoms with Gasteiger partial charge in [0, 0.05) is 4.88 Å². The Balaban J connectivity index is 2.20. The zero-order valence-corrected chi connectivity index (χ0v) is 13.1.